The van der Waals surface area contributed by atoms with Gasteiger partial charge in [0.1, 0.15) is 5.82 Å². The first-order valence-corrected chi connectivity index (χ1v) is 14.8. The quantitative estimate of drug-likeness (QED) is 0.266. The number of benzene rings is 3. The van der Waals surface area contributed by atoms with Crippen LogP contribution in [0, 0.1) is 6.92 Å². The van der Waals surface area contributed by atoms with Gasteiger partial charge in [-0.1, -0.05) is 60.1 Å². The molecule has 6 rings (SSSR count). The van der Waals surface area contributed by atoms with Crippen molar-refractivity contribution in [1.82, 2.24) is 15.2 Å². The number of anilines is 2. The zero-order valence-corrected chi connectivity index (χ0v) is 24.2. The van der Waals surface area contributed by atoms with Gasteiger partial charge in [0.25, 0.3) is 5.91 Å². The Bertz CT molecular complexity index is 1520. The summed E-state index contributed by atoms with van der Waals surface area (Å²) in [5, 5.41) is 7.46. The zero-order chi connectivity index (χ0) is 28.2. The van der Waals surface area contributed by atoms with Crippen LogP contribution in [0.15, 0.2) is 85.1 Å². The van der Waals surface area contributed by atoms with Crippen molar-refractivity contribution in [3.63, 3.8) is 0 Å². The van der Waals surface area contributed by atoms with Gasteiger partial charge in [0.2, 0.25) is 0 Å². The van der Waals surface area contributed by atoms with E-state index in [2.05, 4.69) is 69.8 Å². The maximum Gasteiger partial charge on any atom is 0.251 e. The van der Waals surface area contributed by atoms with E-state index in [9.17, 15) is 4.79 Å². The summed E-state index contributed by atoms with van der Waals surface area (Å²) < 4.78 is 0. The molecular weight excluding hydrogens is 530 g/mol. The number of amides is 1. The number of likely N-dealkylation sites (tertiary alicyclic amines) is 1. The fourth-order valence-electron chi connectivity index (χ4n) is 5.78. The van der Waals surface area contributed by atoms with Gasteiger partial charge in [-0.05, 0) is 72.4 Å². The average molecular weight is 566 g/mol. The van der Waals surface area contributed by atoms with Crippen LogP contribution in [-0.4, -0.2) is 48.0 Å². The lowest BCUT2D eigenvalue weighted by molar-refractivity contribution is 0.0909. The van der Waals surface area contributed by atoms with Gasteiger partial charge >= 0.3 is 0 Å². The zero-order valence-electron chi connectivity index (χ0n) is 23.4. The van der Waals surface area contributed by atoms with Crippen molar-refractivity contribution in [3.05, 3.63) is 112 Å². The second-order valence-corrected chi connectivity index (χ2v) is 11.5. The summed E-state index contributed by atoms with van der Waals surface area (Å²) in [4.78, 5) is 22.8. The van der Waals surface area contributed by atoms with E-state index in [1.807, 2.05) is 42.6 Å². The molecule has 0 aliphatic carbocycles. The number of hydrogen-bond acceptors (Lipinski definition) is 5. The molecule has 3 aromatic carbocycles. The van der Waals surface area contributed by atoms with E-state index in [1.54, 1.807) is 0 Å². The third-order valence-corrected chi connectivity index (χ3v) is 8.42. The van der Waals surface area contributed by atoms with Gasteiger partial charge in [-0.25, -0.2) is 4.98 Å². The Morgan fingerprint density at radius 2 is 1.78 bits per heavy atom. The number of aromatic nitrogens is 1. The number of halogens is 1. The topological polar surface area (TPSA) is 60.5 Å². The predicted octanol–water partition coefficient (Wildman–Crippen LogP) is 6.54. The molecule has 0 radical (unpaired) electrons. The molecule has 2 N–H and O–H groups in total. The normalized spacial score (nSPS) is 15.7. The number of fused-ring (bicyclic) bond motifs is 1. The van der Waals surface area contributed by atoms with Gasteiger partial charge in [0, 0.05) is 67.7 Å². The van der Waals surface area contributed by atoms with Crippen molar-refractivity contribution in [2.45, 2.75) is 38.9 Å². The minimum Gasteiger partial charge on any atom is -0.367 e. The lowest BCUT2D eigenvalue weighted by Gasteiger charge is -2.32. The maximum atomic E-state index is 13.2. The van der Waals surface area contributed by atoms with E-state index < -0.39 is 0 Å². The van der Waals surface area contributed by atoms with Gasteiger partial charge in [-0.3, -0.25) is 9.69 Å². The molecule has 1 amide bonds. The molecule has 1 aromatic heterocycles. The lowest BCUT2D eigenvalue weighted by atomic mass is 10.0. The summed E-state index contributed by atoms with van der Waals surface area (Å²) in [6, 6.07) is 26.9. The van der Waals surface area contributed by atoms with Crippen LogP contribution in [0.2, 0.25) is 5.02 Å². The number of rotatable bonds is 7. The van der Waals surface area contributed by atoms with Crippen LogP contribution in [0.1, 0.15) is 39.9 Å². The van der Waals surface area contributed by atoms with Crippen LogP contribution in [0.4, 0.5) is 11.5 Å². The van der Waals surface area contributed by atoms with Crippen molar-refractivity contribution in [2.75, 3.05) is 36.4 Å². The fraction of sp³-hybridized carbons (Fsp3) is 0.294. The standard InChI is InChI=1S/C34H36ClN5O/c1-24-10-11-30(35)19-29(24)23-40-17-14-36-33-32(40)20-28(21-37-33)26-8-5-9-27(18-26)34(41)38-31-12-15-39(16-13-31)22-25-6-3-2-4-7-25/h2-11,18-21,31H,12-17,22-23H2,1H3,(H,36,37)(H,38,41). The minimum atomic E-state index is -0.0148. The third-order valence-electron chi connectivity index (χ3n) is 8.18. The van der Waals surface area contributed by atoms with Crippen LogP contribution < -0.4 is 15.5 Å². The van der Waals surface area contributed by atoms with Crippen molar-refractivity contribution >= 4 is 29.0 Å². The van der Waals surface area contributed by atoms with E-state index >= 15 is 0 Å². The summed E-state index contributed by atoms with van der Waals surface area (Å²) in [7, 11) is 0. The highest BCUT2D eigenvalue weighted by molar-refractivity contribution is 6.30. The summed E-state index contributed by atoms with van der Waals surface area (Å²) in [5.74, 6) is 0.867. The monoisotopic (exact) mass is 565 g/mol. The molecule has 0 bridgehead atoms. The number of carbonyl (C=O) groups excluding carboxylic acids is 1. The second kappa shape index (κ2) is 12.3. The number of nitrogens with zero attached hydrogens (tertiary/aromatic N) is 3. The number of aryl methyl sites for hydroxylation is 1. The highest BCUT2D eigenvalue weighted by Crippen LogP contribution is 2.33. The van der Waals surface area contributed by atoms with Crippen molar-refractivity contribution in [1.29, 1.82) is 0 Å². The number of pyridine rings is 1. The Labute approximate surface area is 247 Å². The van der Waals surface area contributed by atoms with Crippen LogP contribution in [0.5, 0.6) is 0 Å². The van der Waals surface area contributed by atoms with Gasteiger partial charge in [0.15, 0.2) is 0 Å². The van der Waals surface area contributed by atoms with E-state index in [0.29, 0.717) is 5.56 Å². The molecule has 1 fully saturated rings. The van der Waals surface area contributed by atoms with E-state index in [-0.39, 0.29) is 11.9 Å². The second-order valence-electron chi connectivity index (χ2n) is 11.1. The van der Waals surface area contributed by atoms with Crippen LogP contribution >= 0.6 is 11.6 Å². The third kappa shape index (κ3) is 6.55. The molecule has 0 spiro atoms. The summed E-state index contributed by atoms with van der Waals surface area (Å²) in [5.41, 5.74) is 7.47. The van der Waals surface area contributed by atoms with Gasteiger partial charge in [0.05, 0.1) is 5.69 Å². The van der Waals surface area contributed by atoms with Crippen molar-refractivity contribution < 1.29 is 4.79 Å². The molecule has 7 heteroatoms. The van der Waals surface area contributed by atoms with Gasteiger partial charge < -0.3 is 15.5 Å². The molecular formula is C34H36ClN5O. The molecule has 0 unspecified atom stereocenters. The SMILES string of the molecule is Cc1ccc(Cl)cc1CN1CCNc2ncc(-c3cccc(C(=O)NC4CCN(Cc5ccccc5)CC4)c3)cc21. The Morgan fingerprint density at radius 1 is 0.951 bits per heavy atom. The van der Waals surface area contributed by atoms with Crippen molar-refractivity contribution in [2.24, 2.45) is 0 Å². The Morgan fingerprint density at radius 3 is 2.61 bits per heavy atom. The van der Waals surface area contributed by atoms with Crippen LogP contribution in [-0.2, 0) is 13.1 Å². The summed E-state index contributed by atoms with van der Waals surface area (Å²) >= 11 is 6.30. The number of nitrogens with one attached hydrogen (secondary N) is 2. The van der Waals surface area contributed by atoms with Gasteiger partial charge in [-0.2, -0.15) is 0 Å². The average Bonchev–Trinajstić information content (AvgIpc) is 3.00. The maximum absolute atomic E-state index is 13.2. The molecule has 4 aromatic rings. The number of hydrogen-bond donors (Lipinski definition) is 2. The first-order valence-electron chi connectivity index (χ1n) is 14.4. The molecule has 0 saturated carbocycles. The molecule has 2 aliphatic heterocycles. The molecule has 1 saturated heterocycles. The Hall–Kier alpha value is -3.87. The Balaban J connectivity index is 1.12. The lowest BCUT2D eigenvalue weighted by Crippen LogP contribution is -2.44. The highest BCUT2D eigenvalue weighted by Gasteiger charge is 2.22. The van der Waals surface area contributed by atoms with Gasteiger partial charge in [-0.15, -0.1) is 0 Å². The molecule has 41 heavy (non-hydrogen) atoms. The summed E-state index contributed by atoms with van der Waals surface area (Å²) in [6.45, 7) is 7.52. The minimum absolute atomic E-state index is 0.0148. The summed E-state index contributed by atoms with van der Waals surface area (Å²) in [6.07, 6.45) is 3.81. The van der Waals surface area contributed by atoms with Crippen LogP contribution in [0.3, 0.4) is 0 Å². The first kappa shape index (κ1) is 27.3. The molecule has 2 aliphatic rings. The Kier molecular flexibility index (Phi) is 8.21. The number of carbonyl (C=O) groups is 1. The molecule has 210 valence electrons. The molecule has 6 nitrogen and oxygen atoms in total. The molecule has 0 atom stereocenters. The largest absolute Gasteiger partial charge is 0.367 e. The predicted molar refractivity (Wildman–Crippen MR) is 168 cm³/mol. The molecule has 3 heterocycles. The fourth-order valence-corrected chi connectivity index (χ4v) is 5.98. The van der Waals surface area contributed by atoms with E-state index in [4.69, 9.17) is 16.6 Å². The van der Waals surface area contributed by atoms with E-state index in [1.165, 1.54) is 16.7 Å². The van der Waals surface area contributed by atoms with E-state index in [0.717, 1.165) is 79.8 Å². The highest BCUT2D eigenvalue weighted by atomic mass is 35.5. The first-order chi connectivity index (χ1) is 20.0. The smallest absolute Gasteiger partial charge is 0.251 e. The van der Waals surface area contributed by atoms with Crippen molar-refractivity contribution in [3.8, 4) is 11.1 Å². The number of piperidine rings is 1. The van der Waals surface area contributed by atoms with Crippen LogP contribution in [0.25, 0.3) is 11.1 Å².